The number of aromatic nitrogens is 2. The van der Waals surface area contributed by atoms with Crippen molar-refractivity contribution >= 4 is 11.9 Å². The van der Waals surface area contributed by atoms with Gasteiger partial charge in [-0.1, -0.05) is 23.8 Å². The van der Waals surface area contributed by atoms with E-state index in [0.717, 1.165) is 22.5 Å². The molecule has 1 heterocycles. The van der Waals surface area contributed by atoms with Crippen LogP contribution >= 0.6 is 0 Å². The van der Waals surface area contributed by atoms with Gasteiger partial charge in [0.1, 0.15) is 5.75 Å². The summed E-state index contributed by atoms with van der Waals surface area (Å²) in [4.78, 5) is 17.0. The van der Waals surface area contributed by atoms with Crippen LogP contribution in [-0.2, 0) is 0 Å². The van der Waals surface area contributed by atoms with Gasteiger partial charge < -0.3 is 5.11 Å². The van der Waals surface area contributed by atoms with Gasteiger partial charge in [-0.2, -0.15) is 0 Å². The summed E-state index contributed by atoms with van der Waals surface area (Å²) in [5.41, 5.74) is 4.68. The Kier molecular flexibility index (Phi) is 4.08. The first-order valence-corrected chi connectivity index (χ1v) is 7.68. The molecule has 1 aromatic heterocycles. The lowest BCUT2D eigenvalue weighted by molar-refractivity contribution is 0.475. The van der Waals surface area contributed by atoms with Gasteiger partial charge >= 0.3 is 0 Å². The number of phenolic OH excluding ortho intramolecular Hbond substituents is 1. The second kappa shape index (κ2) is 6.20. The summed E-state index contributed by atoms with van der Waals surface area (Å²) in [6.07, 6.45) is 1.53. The molecule has 0 bridgehead atoms. The first-order chi connectivity index (χ1) is 11.5. The summed E-state index contributed by atoms with van der Waals surface area (Å²) in [6, 6.07) is 12.5. The van der Waals surface area contributed by atoms with E-state index >= 15 is 0 Å². The Morgan fingerprint density at radius 1 is 1.12 bits per heavy atom. The summed E-state index contributed by atoms with van der Waals surface area (Å²) in [5.74, 6) is 0.142. The normalized spacial score (nSPS) is 11.3. The van der Waals surface area contributed by atoms with Gasteiger partial charge in [0.2, 0.25) is 0 Å². The summed E-state index contributed by atoms with van der Waals surface area (Å²) in [6.45, 7) is 5.84. The highest BCUT2D eigenvalue weighted by Crippen LogP contribution is 2.18. The fraction of sp³-hybridized carbons (Fsp3) is 0.158. The van der Waals surface area contributed by atoms with Crippen molar-refractivity contribution in [1.29, 1.82) is 0 Å². The lowest BCUT2D eigenvalue weighted by Crippen LogP contribution is -2.18. The number of H-pyrrole nitrogens is 1. The standard InChI is InChI=1S/C19H19N3O2/c1-12-7-8-18(13(2)9-12)22-19(24)17(14(3)21-22)11-20-15-5-4-6-16(23)10-15/h4-11,21,23H,1-3H3. The van der Waals surface area contributed by atoms with E-state index in [4.69, 9.17) is 0 Å². The van der Waals surface area contributed by atoms with E-state index in [9.17, 15) is 9.90 Å². The number of aliphatic imine (C=N–C) groups is 1. The Labute approximate surface area is 139 Å². The zero-order chi connectivity index (χ0) is 17.3. The third kappa shape index (κ3) is 3.01. The predicted molar refractivity (Wildman–Crippen MR) is 96.0 cm³/mol. The van der Waals surface area contributed by atoms with Gasteiger partial charge in [-0.3, -0.25) is 14.9 Å². The summed E-state index contributed by atoms with van der Waals surface area (Å²) >= 11 is 0. The Hall–Kier alpha value is -3.08. The monoisotopic (exact) mass is 321 g/mol. The molecule has 5 nitrogen and oxygen atoms in total. The van der Waals surface area contributed by atoms with Crippen molar-refractivity contribution in [3.05, 3.63) is 75.2 Å². The number of rotatable bonds is 3. The second-order valence-corrected chi connectivity index (χ2v) is 5.86. The molecule has 122 valence electrons. The molecule has 0 aliphatic heterocycles. The molecular weight excluding hydrogens is 302 g/mol. The van der Waals surface area contributed by atoms with Gasteiger partial charge in [-0.05, 0) is 44.5 Å². The Morgan fingerprint density at radius 3 is 2.62 bits per heavy atom. The lowest BCUT2D eigenvalue weighted by atomic mass is 10.1. The number of nitrogens with zero attached hydrogens (tertiary/aromatic N) is 2. The van der Waals surface area contributed by atoms with Crippen LogP contribution in [0.4, 0.5) is 5.69 Å². The predicted octanol–water partition coefficient (Wildman–Crippen LogP) is 3.55. The number of hydrogen-bond donors (Lipinski definition) is 2. The molecule has 0 radical (unpaired) electrons. The first kappa shape index (κ1) is 15.8. The number of aromatic amines is 1. The number of aryl methyl sites for hydroxylation is 3. The minimum absolute atomic E-state index is 0.142. The van der Waals surface area contributed by atoms with Crippen LogP contribution in [-0.4, -0.2) is 21.1 Å². The van der Waals surface area contributed by atoms with Crippen LogP contribution in [0.25, 0.3) is 5.69 Å². The van der Waals surface area contributed by atoms with Crippen LogP contribution in [0.5, 0.6) is 5.75 Å². The number of aromatic hydroxyl groups is 1. The van der Waals surface area contributed by atoms with E-state index in [0.29, 0.717) is 11.3 Å². The Bertz CT molecular complexity index is 981. The molecule has 0 aliphatic rings. The molecule has 0 aliphatic carbocycles. The summed E-state index contributed by atoms with van der Waals surface area (Å²) in [5, 5.41) is 12.6. The zero-order valence-electron chi connectivity index (χ0n) is 13.9. The van der Waals surface area contributed by atoms with Crippen molar-refractivity contribution in [2.24, 2.45) is 4.99 Å². The van der Waals surface area contributed by atoms with E-state index in [1.807, 2.05) is 39.0 Å². The fourth-order valence-corrected chi connectivity index (χ4v) is 2.65. The van der Waals surface area contributed by atoms with Crippen molar-refractivity contribution in [2.45, 2.75) is 20.8 Å². The van der Waals surface area contributed by atoms with Crippen molar-refractivity contribution in [1.82, 2.24) is 9.78 Å². The molecule has 3 aromatic rings. The number of nitrogens with one attached hydrogen (secondary N) is 1. The third-order valence-electron chi connectivity index (χ3n) is 3.88. The van der Waals surface area contributed by atoms with E-state index in [1.54, 1.807) is 24.3 Å². The van der Waals surface area contributed by atoms with Crippen LogP contribution in [0, 0.1) is 20.8 Å². The molecule has 2 N–H and O–H groups in total. The van der Waals surface area contributed by atoms with Gasteiger partial charge in [-0.15, -0.1) is 0 Å². The molecule has 0 spiro atoms. The first-order valence-electron chi connectivity index (χ1n) is 7.68. The molecule has 5 heteroatoms. The van der Waals surface area contributed by atoms with E-state index in [-0.39, 0.29) is 11.3 Å². The van der Waals surface area contributed by atoms with E-state index in [1.165, 1.54) is 10.9 Å². The molecule has 0 saturated carbocycles. The smallest absolute Gasteiger partial charge is 0.280 e. The SMILES string of the molecule is Cc1ccc(-n2[nH]c(C)c(C=Nc3cccc(O)c3)c2=O)c(C)c1. The molecule has 3 rings (SSSR count). The summed E-state index contributed by atoms with van der Waals surface area (Å²) in [7, 11) is 0. The van der Waals surface area contributed by atoms with Crippen molar-refractivity contribution in [3.63, 3.8) is 0 Å². The zero-order valence-corrected chi connectivity index (χ0v) is 13.9. The van der Waals surface area contributed by atoms with Gasteiger partial charge in [0, 0.05) is 18.0 Å². The highest BCUT2D eigenvalue weighted by Gasteiger charge is 2.12. The Morgan fingerprint density at radius 2 is 1.92 bits per heavy atom. The molecular formula is C19H19N3O2. The van der Waals surface area contributed by atoms with Gasteiger partial charge in [0.15, 0.2) is 0 Å². The maximum atomic E-state index is 12.7. The van der Waals surface area contributed by atoms with Crippen molar-refractivity contribution in [2.75, 3.05) is 0 Å². The van der Waals surface area contributed by atoms with E-state index < -0.39 is 0 Å². The number of benzene rings is 2. The molecule has 0 amide bonds. The average molecular weight is 321 g/mol. The largest absolute Gasteiger partial charge is 0.508 e. The average Bonchev–Trinajstić information content (AvgIpc) is 2.80. The third-order valence-corrected chi connectivity index (χ3v) is 3.88. The second-order valence-electron chi connectivity index (χ2n) is 5.86. The maximum Gasteiger partial charge on any atom is 0.280 e. The molecule has 0 fully saturated rings. The van der Waals surface area contributed by atoms with Gasteiger partial charge in [0.25, 0.3) is 5.56 Å². The number of hydrogen-bond acceptors (Lipinski definition) is 3. The van der Waals surface area contributed by atoms with Gasteiger partial charge in [-0.25, -0.2) is 4.68 Å². The Balaban J connectivity index is 2.02. The molecule has 0 atom stereocenters. The highest BCUT2D eigenvalue weighted by molar-refractivity contribution is 5.83. The van der Waals surface area contributed by atoms with Crippen LogP contribution in [0.3, 0.4) is 0 Å². The van der Waals surface area contributed by atoms with Crippen molar-refractivity contribution < 1.29 is 5.11 Å². The van der Waals surface area contributed by atoms with Crippen molar-refractivity contribution in [3.8, 4) is 11.4 Å². The van der Waals surface area contributed by atoms with Crippen LogP contribution < -0.4 is 5.56 Å². The molecule has 0 saturated heterocycles. The summed E-state index contributed by atoms with van der Waals surface area (Å²) < 4.78 is 1.54. The van der Waals surface area contributed by atoms with Crippen LogP contribution in [0.2, 0.25) is 0 Å². The lowest BCUT2D eigenvalue weighted by Gasteiger charge is -2.06. The quantitative estimate of drug-likeness (QED) is 0.724. The molecule has 2 aromatic carbocycles. The highest BCUT2D eigenvalue weighted by atomic mass is 16.3. The topological polar surface area (TPSA) is 70.4 Å². The minimum Gasteiger partial charge on any atom is -0.508 e. The van der Waals surface area contributed by atoms with Gasteiger partial charge in [0.05, 0.1) is 16.9 Å². The van der Waals surface area contributed by atoms with Crippen LogP contribution in [0.15, 0.2) is 52.3 Å². The number of phenols is 1. The minimum atomic E-state index is -0.150. The molecule has 24 heavy (non-hydrogen) atoms. The fourth-order valence-electron chi connectivity index (χ4n) is 2.65. The maximum absolute atomic E-state index is 12.7. The van der Waals surface area contributed by atoms with E-state index in [2.05, 4.69) is 10.1 Å². The molecule has 0 unspecified atom stereocenters. The van der Waals surface area contributed by atoms with Crippen LogP contribution in [0.1, 0.15) is 22.4 Å².